The zero-order valence-electron chi connectivity index (χ0n) is 10.9. The van der Waals surface area contributed by atoms with Gasteiger partial charge in [-0.25, -0.2) is 0 Å². The largest absolute Gasteiger partial charge is 0.481 e. The highest BCUT2D eigenvalue weighted by Crippen LogP contribution is 2.14. The first-order valence-electron chi connectivity index (χ1n) is 6.78. The summed E-state index contributed by atoms with van der Waals surface area (Å²) in [7, 11) is 0. The summed E-state index contributed by atoms with van der Waals surface area (Å²) < 4.78 is 5.65. The fourth-order valence-electron chi connectivity index (χ4n) is 2.38. The Hall–Kier alpha value is -0.610. The van der Waals surface area contributed by atoms with Gasteiger partial charge >= 0.3 is 5.97 Å². The van der Waals surface area contributed by atoms with Crippen LogP contribution in [0.2, 0.25) is 0 Å². The molecular formula is C13H25NO3. The summed E-state index contributed by atoms with van der Waals surface area (Å²) in [6.07, 6.45) is 6.05. The van der Waals surface area contributed by atoms with Crippen molar-refractivity contribution in [1.29, 1.82) is 0 Å². The van der Waals surface area contributed by atoms with E-state index < -0.39 is 5.97 Å². The van der Waals surface area contributed by atoms with Crippen molar-refractivity contribution < 1.29 is 14.6 Å². The molecule has 0 aromatic rings. The highest BCUT2D eigenvalue weighted by Gasteiger charge is 2.19. The standard InChI is InChI=1S/C13H25NO3/c1-2-17-12-7-6-10-14(11-12)9-5-3-4-8-13(15)16/h12H,2-11H2,1H3,(H,15,16). The summed E-state index contributed by atoms with van der Waals surface area (Å²) in [5.41, 5.74) is 0. The summed E-state index contributed by atoms with van der Waals surface area (Å²) in [6, 6.07) is 0. The minimum atomic E-state index is -0.681. The van der Waals surface area contributed by atoms with Gasteiger partial charge in [-0.3, -0.25) is 4.79 Å². The van der Waals surface area contributed by atoms with Crippen molar-refractivity contribution in [3.8, 4) is 0 Å². The second-order valence-electron chi connectivity index (χ2n) is 4.72. The van der Waals surface area contributed by atoms with Gasteiger partial charge in [0.2, 0.25) is 0 Å². The van der Waals surface area contributed by atoms with E-state index in [0.717, 1.165) is 39.0 Å². The van der Waals surface area contributed by atoms with Crippen LogP contribution in [0.4, 0.5) is 0 Å². The van der Waals surface area contributed by atoms with E-state index >= 15 is 0 Å². The van der Waals surface area contributed by atoms with E-state index in [0.29, 0.717) is 12.5 Å². The van der Waals surface area contributed by atoms with Crippen LogP contribution in [-0.2, 0) is 9.53 Å². The van der Waals surface area contributed by atoms with Gasteiger partial charge in [0, 0.05) is 19.6 Å². The predicted octanol–water partition coefficient (Wildman–Crippen LogP) is 2.13. The number of likely N-dealkylation sites (tertiary alicyclic amines) is 1. The molecule has 17 heavy (non-hydrogen) atoms. The summed E-state index contributed by atoms with van der Waals surface area (Å²) in [5.74, 6) is -0.681. The van der Waals surface area contributed by atoms with Gasteiger partial charge in [-0.05, 0) is 45.7 Å². The number of aliphatic carboxylic acids is 1. The van der Waals surface area contributed by atoms with Crippen LogP contribution in [0, 0.1) is 0 Å². The number of ether oxygens (including phenoxy) is 1. The third-order valence-corrected chi connectivity index (χ3v) is 3.23. The minimum absolute atomic E-state index is 0.307. The Morgan fingerprint density at radius 2 is 2.24 bits per heavy atom. The molecule has 0 radical (unpaired) electrons. The van der Waals surface area contributed by atoms with Crippen LogP contribution in [-0.4, -0.2) is 48.3 Å². The number of unbranched alkanes of at least 4 members (excludes halogenated alkanes) is 2. The maximum Gasteiger partial charge on any atom is 0.303 e. The predicted molar refractivity (Wildman–Crippen MR) is 67.2 cm³/mol. The lowest BCUT2D eigenvalue weighted by Crippen LogP contribution is -2.40. The maximum atomic E-state index is 10.4. The molecule has 0 spiro atoms. The van der Waals surface area contributed by atoms with Crippen molar-refractivity contribution in [2.75, 3.05) is 26.2 Å². The molecule has 0 aliphatic carbocycles. The topological polar surface area (TPSA) is 49.8 Å². The number of nitrogens with zero attached hydrogens (tertiary/aromatic N) is 1. The Morgan fingerprint density at radius 3 is 2.94 bits per heavy atom. The van der Waals surface area contributed by atoms with E-state index in [9.17, 15) is 4.79 Å². The van der Waals surface area contributed by atoms with Crippen LogP contribution in [0.3, 0.4) is 0 Å². The number of carboxylic acids is 1. The highest BCUT2D eigenvalue weighted by molar-refractivity contribution is 5.66. The van der Waals surface area contributed by atoms with Gasteiger partial charge in [0.15, 0.2) is 0 Å². The van der Waals surface area contributed by atoms with Crippen LogP contribution in [0.5, 0.6) is 0 Å². The number of hydrogen-bond donors (Lipinski definition) is 1. The third kappa shape index (κ3) is 6.64. The van der Waals surface area contributed by atoms with Gasteiger partial charge in [-0.1, -0.05) is 6.42 Å². The second-order valence-corrected chi connectivity index (χ2v) is 4.72. The van der Waals surface area contributed by atoms with Crippen molar-refractivity contribution in [3.05, 3.63) is 0 Å². The van der Waals surface area contributed by atoms with Gasteiger partial charge < -0.3 is 14.7 Å². The molecule has 4 nitrogen and oxygen atoms in total. The van der Waals surface area contributed by atoms with Gasteiger partial charge in [0.05, 0.1) is 6.10 Å². The number of carbonyl (C=O) groups is 1. The van der Waals surface area contributed by atoms with Gasteiger partial charge in [-0.15, -0.1) is 0 Å². The molecule has 1 fully saturated rings. The smallest absolute Gasteiger partial charge is 0.303 e. The Labute approximate surface area is 104 Å². The van der Waals surface area contributed by atoms with Crippen molar-refractivity contribution in [3.63, 3.8) is 0 Å². The molecule has 100 valence electrons. The van der Waals surface area contributed by atoms with Crippen molar-refractivity contribution in [2.24, 2.45) is 0 Å². The molecule has 1 saturated heterocycles. The van der Waals surface area contributed by atoms with Crippen LogP contribution in [0.1, 0.15) is 45.4 Å². The van der Waals surface area contributed by atoms with Crippen molar-refractivity contribution >= 4 is 5.97 Å². The maximum absolute atomic E-state index is 10.4. The third-order valence-electron chi connectivity index (χ3n) is 3.23. The fraction of sp³-hybridized carbons (Fsp3) is 0.923. The number of hydrogen-bond acceptors (Lipinski definition) is 3. The van der Waals surface area contributed by atoms with Crippen molar-refractivity contribution in [1.82, 2.24) is 4.90 Å². The lowest BCUT2D eigenvalue weighted by molar-refractivity contribution is -0.137. The number of piperidine rings is 1. The molecular weight excluding hydrogens is 218 g/mol. The molecule has 0 aromatic heterocycles. The van der Waals surface area contributed by atoms with Crippen molar-refractivity contribution in [2.45, 2.75) is 51.6 Å². The zero-order valence-corrected chi connectivity index (χ0v) is 10.9. The quantitative estimate of drug-likeness (QED) is 0.663. The van der Waals surface area contributed by atoms with E-state index in [-0.39, 0.29) is 0 Å². The molecule has 0 saturated carbocycles. The van der Waals surface area contributed by atoms with Gasteiger partial charge in [0.25, 0.3) is 0 Å². The molecule has 1 aliphatic rings. The minimum Gasteiger partial charge on any atom is -0.481 e. The molecule has 0 bridgehead atoms. The lowest BCUT2D eigenvalue weighted by atomic mass is 10.1. The SMILES string of the molecule is CCOC1CCCN(CCCCCC(=O)O)C1. The average molecular weight is 243 g/mol. The Bertz CT molecular complexity index is 219. The van der Waals surface area contributed by atoms with Crippen LogP contribution in [0.25, 0.3) is 0 Å². The summed E-state index contributed by atoms with van der Waals surface area (Å²) in [4.78, 5) is 12.8. The Kier molecular flexibility index (Phi) is 7.21. The van der Waals surface area contributed by atoms with Gasteiger partial charge in [-0.2, -0.15) is 0 Å². The van der Waals surface area contributed by atoms with Gasteiger partial charge in [0.1, 0.15) is 0 Å². The molecule has 4 heteroatoms. The zero-order chi connectivity index (χ0) is 12.5. The van der Waals surface area contributed by atoms with E-state index in [4.69, 9.17) is 9.84 Å². The normalized spacial score (nSPS) is 21.6. The number of carboxylic acid groups (broad SMARTS) is 1. The monoisotopic (exact) mass is 243 g/mol. The van der Waals surface area contributed by atoms with Crippen LogP contribution in [0.15, 0.2) is 0 Å². The van der Waals surface area contributed by atoms with Crippen LogP contribution >= 0.6 is 0 Å². The summed E-state index contributed by atoms with van der Waals surface area (Å²) in [6.45, 7) is 6.15. The second kappa shape index (κ2) is 8.48. The average Bonchev–Trinajstić information content (AvgIpc) is 2.29. The fourth-order valence-corrected chi connectivity index (χ4v) is 2.38. The molecule has 0 amide bonds. The first kappa shape index (κ1) is 14.5. The first-order chi connectivity index (χ1) is 8.22. The molecule has 0 aromatic carbocycles. The Morgan fingerprint density at radius 1 is 1.41 bits per heavy atom. The van der Waals surface area contributed by atoms with Crippen LogP contribution < -0.4 is 0 Å². The molecule has 1 atom stereocenters. The lowest BCUT2D eigenvalue weighted by Gasteiger charge is -2.32. The van der Waals surface area contributed by atoms with E-state index in [1.807, 2.05) is 6.92 Å². The molecule has 1 unspecified atom stereocenters. The highest BCUT2D eigenvalue weighted by atomic mass is 16.5. The summed E-state index contributed by atoms with van der Waals surface area (Å²) in [5, 5.41) is 8.53. The molecule has 1 heterocycles. The number of rotatable bonds is 8. The first-order valence-corrected chi connectivity index (χ1v) is 6.78. The molecule has 1 N–H and O–H groups in total. The molecule has 1 aliphatic heterocycles. The molecule has 1 rings (SSSR count). The summed E-state index contributed by atoms with van der Waals surface area (Å²) >= 11 is 0. The van der Waals surface area contributed by atoms with E-state index in [1.54, 1.807) is 0 Å². The van der Waals surface area contributed by atoms with E-state index in [2.05, 4.69) is 4.90 Å². The van der Waals surface area contributed by atoms with E-state index in [1.165, 1.54) is 19.4 Å². The Balaban J connectivity index is 2.04.